The quantitative estimate of drug-likeness (QED) is 0.323. The third-order valence-electron chi connectivity index (χ3n) is 8.60. The molecule has 11 nitrogen and oxygen atoms in total. The number of nitrogens with one attached hydrogen (secondary N) is 1. The number of fused-ring (bicyclic) bond motifs is 6. The average molecular weight is 594 g/mol. The molecule has 0 radical (unpaired) electrons. The number of cyclic esters (lactones) is 1. The minimum Gasteiger partial charge on any atom is -0.458 e. The van der Waals surface area contributed by atoms with Gasteiger partial charge in [0.15, 0.2) is 17.2 Å². The molecular formula is C31H32FN3O8. The predicted octanol–water partition coefficient (Wildman–Crippen LogP) is 3.16. The maximum atomic E-state index is 16.0. The molecular weight excluding hydrogens is 561 g/mol. The summed E-state index contributed by atoms with van der Waals surface area (Å²) in [4.78, 5) is 44.5. The van der Waals surface area contributed by atoms with Gasteiger partial charge in [-0.1, -0.05) is 6.92 Å². The van der Waals surface area contributed by atoms with Gasteiger partial charge in [0.25, 0.3) is 5.56 Å². The number of ether oxygens (including phenoxy) is 4. The van der Waals surface area contributed by atoms with Crippen LogP contribution in [-0.2, 0) is 44.4 Å². The van der Waals surface area contributed by atoms with Crippen LogP contribution in [0.25, 0.3) is 22.3 Å². The van der Waals surface area contributed by atoms with E-state index in [-0.39, 0.29) is 78.3 Å². The molecule has 1 fully saturated rings. The number of benzene rings is 1. The molecule has 0 saturated heterocycles. The highest BCUT2D eigenvalue weighted by atomic mass is 19.1. The van der Waals surface area contributed by atoms with E-state index in [0.29, 0.717) is 22.5 Å². The summed E-state index contributed by atoms with van der Waals surface area (Å²) >= 11 is 0. The summed E-state index contributed by atoms with van der Waals surface area (Å²) < 4.78 is 39.6. The summed E-state index contributed by atoms with van der Waals surface area (Å²) in [6.07, 6.45) is 1.13. The highest BCUT2D eigenvalue weighted by Gasteiger charge is 2.46. The number of rotatable bonds is 6. The molecule has 0 spiro atoms. The normalized spacial score (nSPS) is 20.8. The van der Waals surface area contributed by atoms with E-state index in [9.17, 15) is 19.5 Å². The Morgan fingerprint density at radius 1 is 1.23 bits per heavy atom. The molecule has 2 aromatic heterocycles. The standard InChI is InChI=1S/C31H32FN3O8/c1-5-31(39)18-8-20-24-16(11-35(20)28(37)17(18)12-40-29(31)38)15(10-33-27(36)25(14-6-7-14)43-30(2,3)4)22-19(34-24)9-21-26(23(22)32)42-13-41-21/h8-9,14,25,39H,5-7,10-13H2,1-4H3,(H,33,36)/t25-,31+/m1/s1. The first-order valence-electron chi connectivity index (χ1n) is 14.5. The number of esters is 1. The van der Waals surface area contributed by atoms with Gasteiger partial charge in [0.05, 0.1) is 34.6 Å². The van der Waals surface area contributed by atoms with Gasteiger partial charge in [-0.25, -0.2) is 14.2 Å². The zero-order valence-electron chi connectivity index (χ0n) is 24.3. The van der Waals surface area contributed by atoms with Crippen LogP contribution in [0.15, 0.2) is 16.9 Å². The second kappa shape index (κ2) is 9.48. The van der Waals surface area contributed by atoms with Crippen molar-refractivity contribution in [3.63, 3.8) is 0 Å². The van der Waals surface area contributed by atoms with Gasteiger partial charge >= 0.3 is 5.97 Å². The Morgan fingerprint density at radius 3 is 2.70 bits per heavy atom. The lowest BCUT2D eigenvalue weighted by molar-refractivity contribution is -0.172. The summed E-state index contributed by atoms with van der Waals surface area (Å²) in [5.41, 5.74) is -0.616. The van der Waals surface area contributed by atoms with Crippen molar-refractivity contribution >= 4 is 22.8 Å². The number of halogens is 1. The van der Waals surface area contributed by atoms with Crippen LogP contribution < -0.4 is 20.3 Å². The van der Waals surface area contributed by atoms with E-state index in [1.165, 1.54) is 4.57 Å². The van der Waals surface area contributed by atoms with Crippen molar-refractivity contribution in [2.45, 2.75) is 84.0 Å². The van der Waals surface area contributed by atoms with Crippen molar-refractivity contribution in [1.29, 1.82) is 0 Å². The number of aromatic nitrogens is 2. The number of carbonyl (C=O) groups is 2. The second-order valence-corrected chi connectivity index (χ2v) is 12.5. The summed E-state index contributed by atoms with van der Waals surface area (Å²) in [6.45, 7) is 6.88. The third-order valence-corrected chi connectivity index (χ3v) is 8.60. The van der Waals surface area contributed by atoms with Crippen LogP contribution in [0.5, 0.6) is 11.5 Å². The second-order valence-electron chi connectivity index (χ2n) is 12.5. The van der Waals surface area contributed by atoms with E-state index in [0.717, 1.165) is 12.8 Å². The van der Waals surface area contributed by atoms with Crippen molar-refractivity contribution in [2.24, 2.45) is 5.92 Å². The Bertz CT molecular complexity index is 1790. The average Bonchev–Trinajstić information content (AvgIpc) is 3.58. The predicted molar refractivity (Wildman–Crippen MR) is 150 cm³/mol. The van der Waals surface area contributed by atoms with Crippen molar-refractivity contribution in [1.82, 2.24) is 14.9 Å². The molecule has 4 aliphatic rings. The molecule has 0 bridgehead atoms. The maximum Gasteiger partial charge on any atom is 0.343 e. The molecule has 7 rings (SSSR count). The van der Waals surface area contributed by atoms with Crippen LogP contribution in [0.1, 0.15) is 69.2 Å². The fourth-order valence-electron chi connectivity index (χ4n) is 6.25. The number of aliphatic hydroxyl groups is 1. The van der Waals surface area contributed by atoms with Crippen molar-refractivity contribution in [3.05, 3.63) is 50.6 Å². The zero-order valence-corrected chi connectivity index (χ0v) is 24.3. The molecule has 3 aromatic rings. The third kappa shape index (κ3) is 4.29. The fourth-order valence-corrected chi connectivity index (χ4v) is 6.25. The number of amides is 1. The summed E-state index contributed by atoms with van der Waals surface area (Å²) in [5.74, 6) is -1.52. The number of carbonyl (C=O) groups excluding carboxylic acids is 2. The minimum atomic E-state index is -1.98. The topological polar surface area (TPSA) is 138 Å². The minimum absolute atomic E-state index is 0.00446. The summed E-state index contributed by atoms with van der Waals surface area (Å²) in [6, 6.07) is 3.16. The zero-order chi connectivity index (χ0) is 30.4. The van der Waals surface area contributed by atoms with Crippen LogP contribution in [0.4, 0.5) is 4.39 Å². The van der Waals surface area contributed by atoms with Crippen LogP contribution >= 0.6 is 0 Å². The van der Waals surface area contributed by atoms with Crippen LogP contribution in [0, 0.1) is 11.7 Å². The lowest BCUT2D eigenvalue weighted by Gasteiger charge is -2.31. The molecule has 0 unspecified atom stereocenters. The van der Waals surface area contributed by atoms with E-state index in [1.54, 1.807) is 19.1 Å². The Balaban J connectivity index is 1.37. The van der Waals surface area contributed by atoms with E-state index in [4.69, 9.17) is 23.9 Å². The van der Waals surface area contributed by atoms with Crippen LogP contribution in [0.2, 0.25) is 0 Å². The Kier molecular flexibility index (Phi) is 6.13. The lowest BCUT2D eigenvalue weighted by atomic mass is 9.86. The van der Waals surface area contributed by atoms with E-state index < -0.39 is 34.7 Å². The maximum absolute atomic E-state index is 16.0. The molecule has 12 heteroatoms. The lowest BCUT2D eigenvalue weighted by Crippen LogP contribution is -2.44. The van der Waals surface area contributed by atoms with Gasteiger partial charge in [-0.05, 0) is 57.6 Å². The highest BCUT2D eigenvalue weighted by molar-refractivity contribution is 5.92. The molecule has 226 valence electrons. The van der Waals surface area contributed by atoms with Gasteiger partial charge in [0, 0.05) is 29.1 Å². The molecule has 5 heterocycles. The highest BCUT2D eigenvalue weighted by Crippen LogP contribution is 2.45. The van der Waals surface area contributed by atoms with Crippen molar-refractivity contribution in [3.8, 4) is 22.9 Å². The SMILES string of the molecule is CC[C@@]1(O)C(=O)OCc2c1cc1n(c2=O)Cc2c-1nc1cc3c(c(F)c1c2CNC(=O)[C@H](OC(C)(C)C)C1CC1)OCO3. The first kappa shape index (κ1) is 27.8. The number of nitrogens with zero attached hydrogens (tertiary/aromatic N) is 2. The number of pyridine rings is 2. The molecule has 2 N–H and O–H groups in total. The van der Waals surface area contributed by atoms with E-state index >= 15 is 4.39 Å². The largest absolute Gasteiger partial charge is 0.458 e. The Labute approximate surface area is 245 Å². The first-order chi connectivity index (χ1) is 20.4. The molecule has 43 heavy (non-hydrogen) atoms. The van der Waals surface area contributed by atoms with E-state index in [1.807, 2.05) is 20.8 Å². The first-order valence-corrected chi connectivity index (χ1v) is 14.5. The molecule has 3 aliphatic heterocycles. The van der Waals surface area contributed by atoms with Gasteiger partial charge < -0.3 is 33.9 Å². The number of hydrogen-bond acceptors (Lipinski definition) is 9. The van der Waals surface area contributed by atoms with Crippen LogP contribution in [0.3, 0.4) is 0 Å². The fraction of sp³-hybridized carbons (Fsp3) is 0.484. The molecule has 2 atom stereocenters. The van der Waals surface area contributed by atoms with Gasteiger partial charge in [-0.3, -0.25) is 9.59 Å². The van der Waals surface area contributed by atoms with E-state index in [2.05, 4.69) is 5.32 Å². The number of hydrogen-bond donors (Lipinski definition) is 2. The molecule has 1 amide bonds. The molecule has 1 aromatic carbocycles. The van der Waals surface area contributed by atoms with Gasteiger partial charge in [-0.15, -0.1) is 0 Å². The van der Waals surface area contributed by atoms with Gasteiger partial charge in [0.2, 0.25) is 18.4 Å². The summed E-state index contributed by atoms with van der Waals surface area (Å²) in [7, 11) is 0. The summed E-state index contributed by atoms with van der Waals surface area (Å²) in [5, 5.41) is 14.3. The molecule has 1 saturated carbocycles. The Hall–Kier alpha value is -4.03. The monoisotopic (exact) mass is 593 g/mol. The van der Waals surface area contributed by atoms with Crippen molar-refractivity contribution in [2.75, 3.05) is 6.79 Å². The van der Waals surface area contributed by atoms with Crippen LogP contribution in [-0.4, -0.2) is 45.0 Å². The Morgan fingerprint density at radius 2 is 2.00 bits per heavy atom. The molecule has 1 aliphatic carbocycles. The van der Waals surface area contributed by atoms with Gasteiger partial charge in [-0.2, -0.15) is 0 Å². The van der Waals surface area contributed by atoms with Gasteiger partial charge in [0.1, 0.15) is 12.7 Å². The smallest absolute Gasteiger partial charge is 0.343 e. The van der Waals surface area contributed by atoms with Crippen molar-refractivity contribution < 1.29 is 38.0 Å².